The predicted octanol–water partition coefficient (Wildman–Crippen LogP) is 4.37. The highest BCUT2D eigenvalue weighted by Crippen LogP contribution is 2.42. The molecule has 1 amide bonds. The zero-order valence-corrected chi connectivity index (χ0v) is 17.0. The van der Waals surface area contributed by atoms with Gasteiger partial charge < -0.3 is 9.74 Å². The maximum atomic E-state index is 11.3. The van der Waals surface area contributed by atoms with Crippen molar-refractivity contribution in [3.8, 4) is 24.2 Å². The Kier molecular flexibility index (Phi) is 6.90. The topological polar surface area (TPSA) is 38.3 Å². The number of unbranched alkanes of at least 4 members (excludes halogenated alkanes) is 1. The Morgan fingerprint density at radius 2 is 2.08 bits per heavy atom. The van der Waals surface area contributed by atoms with Crippen LogP contribution < -0.4 is 5.32 Å². The molecule has 0 aromatic rings. The molecule has 1 atom stereocenters. The molecule has 0 fully saturated rings. The number of rotatable bonds is 4. The van der Waals surface area contributed by atoms with Gasteiger partial charge in [-0.25, -0.2) is 0 Å². The van der Waals surface area contributed by atoms with E-state index in [2.05, 4.69) is 63.0 Å². The standard InChI is InChI=1S/C20H31NO2Si/c1-8-9-10-11-14-20(23-24(6,7)19(3,4)5)15-12-18(13-16-20)21-17(2)22/h1,12H,9-10,13,15-16H2,2-7H3,(H,21,22)/t20-/m1/s1. The summed E-state index contributed by atoms with van der Waals surface area (Å²) >= 11 is 0. The molecule has 3 nitrogen and oxygen atoms in total. The number of amides is 1. The average molecular weight is 346 g/mol. The van der Waals surface area contributed by atoms with Gasteiger partial charge in [0.15, 0.2) is 8.32 Å². The van der Waals surface area contributed by atoms with Crippen LogP contribution in [0.2, 0.25) is 18.1 Å². The Morgan fingerprint density at radius 1 is 1.42 bits per heavy atom. The second-order valence-corrected chi connectivity index (χ2v) is 12.7. The van der Waals surface area contributed by atoms with Gasteiger partial charge in [0.05, 0.1) is 0 Å². The highest BCUT2D eigenvalue weighted by molar-refractivity contribution is 6.74. The van der Waals surface area contributed by atoms with Crippen molar-refractivity contribution in [2.24, 2.45) is 0 Å². The third-order valence-corrected chi connectivity index (χ3v) is 9.29. The van der Waals surface area contributed by atoms with E-state index in [1.807, 2.05) is 0 Å². The van der Waals surface area contributed by atoms with E-state index in [1.165, 1.54) is 6.92 Å². The third-order valence-electron chi connectivity index (χ3n) is 4.78. The second-order valence-electron chi connectivity index (χ2n) is 7.98. The molecule has 24 heavy (non-hydrogen) atoms. The van der Waals surface area contributed by atoms with Crippen LogP contribution in [0.4, 0.5) is 0 Å². The third kappa shape index (κ3) is 5.85. The van der Waals surface area contributed by atoms with Crippen LogP contribution in [0, 0.1) is 24.2 Å². The first-order chi connectivity index (χ1) is 11.0. The normalized spacial score (nSPS) is 21.1. The summed E-state index contributed by atoms with van der Waals surface area (Å²) in [4.78, 5) is 11.3. The number of allylic oxidation sites excluding steroid dienone is 1. The van der Waals surface area contributed by atoms with Gasteiger partial charge in [-0.1, -0.05) is 38.7 Å². The molecule has 0 saturated heterocycles. The van der Waals surface area contributed by atoms with E-state index in [-0.39, 0.29) is 10.9 Å². The van der Waals surface area contributed by atoms with Crippen LogP contribution in [0.5, 0.6) is 0 Å². The lowest BCUT2D eigenvalue weighted by atomic mass is 9.88. The van der Waals surface area contributed by atoms with E-state index in [0.717, 1.165) is 18.5 Å². The van der Waals surface area contributed by atoms with E-state index in [9.17, 15) is 4.79 Å². The van der Waals surface area contributed by atoms with Gasteiger partial charge in [-0.15, -0.1) is 12.3 Å². The smallest absolute Gasteiger partial charge is 0.220 e. The summed E-state index contributed by atoms with van der Waals surface area (Å²) in [6, 6.07) is 0. The number of hydrogen-bond donors (Lipinski definition) is 1. The monoisotopic (exact) mass is 345 g/mol. The van der Waals surface area contributed by atoms with Crippen molar-refractivity contribution in [2.45, 2.75) is 83.5 Å². The SMILES string of the molecule is C#CCCC#C[C@@]1(O[Si](C)(C)C(C)(C)C)CC=C(NC(C)=O)CC1. The van der Waals surface area contributed by atoms with Crippen molar-refractivity contribution in [3.63, 3.8) is 0 Å². The number of carbonyl (C=O) groups excluding carboxylic acids is 1. The lowest BCUT2D eigenvalue weighted by Gasteiger charge is -2.44. The maximum Gasteiger partial charge on any atom is 0.220 e. The number of nitrogens with one attached hydrogen (secondary N) is 1. The Balaban J connectivity index is 3.02. The maximum absolute atomic E-state index is 11.3. The molecule has 0 aromatic heterocycles. The number of hydrogen-bond acceptors (Lipinski definition) is 2. The molecular formula is C20H31NO2Si. The van der Waals surface area contributed by atoms with Gasteiger partial charge in [-0.2, -0.15) is 0 Å². The molecule has 4 heteroatoms. The van der Waals surface area contributed by atoms with Gasteiger partial charge in [-0.3, -0.25) is 4.79 Å². The van der Waals surface area contributed by atoms with E-state index >= 15 is 0 Å². The second kappa shape index (κ2) is 8.06. The van der Waals surface area contributed by atoms with Crippen molar-refractivity contribution < 1.29 is 9.22 Å². The van der Waals surface area contributed by atoms with Crippen molar-refractivity contribution >= 4 is 14.2 Å². The summed E-state index contributed by atoms with van der Waals surface area (Å²) in [7, 11) is -1.95. The molecule has 1 aliphatic rings. The first-order valence-electron chi connectivity index (χ1n) is 8.62. The van der Waals surface area contributed by atoms with Gasteiger partial charge in [0.25, 0.3) is 0 Å². The van der Waals surface area contributed by atoms with Crippen molar-refractivity contribution in [1.29, 1.82) is 0 Å². The van der Waals surface area contributed by atoms with Crippen LogP contribution >= 0.6 is 0 Å². The number of carbonyl (C=O) groups is 1. The molecule has 0 unspecified atom stereocenters. The lowest BCUT2D eigenvalue weighted by molar-refractivity contribution is -0.118. The van der Waals surface area contributed by atoms with Crippen molar-refractivity contribution in [1.82, 2.24) is 5.32 Å². The lowest BCUT2D eigenvalue weighted by Crippen LogP contribution is -2.50. The van der Waals surface area contributed by atoms with Crippen LogP contribution in [-0.4, -0.2) is 19.8 Å². The fourth-order valence-corrected chi connectivity index (χ4v) is 3.92. The molecule has 132 valence electrons. The minimum atomic E-state index is -1.95. The fraction of sp³-hybridized carbons (Fsp3) is 0.650. The van der Waals surface area contributed by atoms with E-state index in [4.69, 9.17) is 10.8 Å². The zero-order valence-electron chi connectivity index (χ0n) is 16.0. The average Bonchev–Trinajstić information content (AvgIpc) is 2.44. The van der Waals surface area contributed by atoms with Crippen LogP contribution in [-0.2, 0) is 9.22 Å². The van der Waals surface area contributed by atoms with Crippen molar-refractivity contribution in [2.75, 3.05) is 0 Å². The molecule has 1 rings (SSSR count). The summed E-state index contributed by atoms with van der Waals surface area (Å²) in [5, 5.41) is 3.02. The zero-order chi connectivity index (χ0) is 18.4. The molecule has 0 radical (unpaired) electrons. The first-order valence-corrected chi connectivity index (χ1v) is 11.5. The quantitative estimate of drug-likeness (QED) is 0.467. The van der Waals surface area contributed by atoms with Gasteiger partial charge in [0.1, 0.15) is 5.60 Å². The van der Waals surface area contributed by atoms with E-state index in [0.29, 0.717) is 19.3 Å². The van der Waals surface area contributed by atoms with Crippen LogP contribution in [0.1, 0.15) is 59.8 Å². The Bertz CT molecular complexity index is 596. The van der Waals surface area contributed by atoms with Gasteiger partial charge in [0.2, 0.25) is 5.91 Å². The summed E-state index contributed by atoms with van der Waals surface area (Å²) in [5.41, 5.74) is 0.516. The van der Waals surface area contributed by atoms with Gasteiger partial charge >= 0.3 is 0 Å². The Labute approximate surface area is 148 Å². The van der Waals surface area contributed by atoms with E-state index in [1.54, 1.807) is 0 Å². The van der Waals surface area contributed by atoms with Crippen molar-refractivity contribution in [3.05, 3.63) is 11.8 Å². The molecule has 0 aromatic carbocycles. The molecule has 0 spiro atoms. The number of terminal acetylenes is 1. The van der Waals surface area contributed by atoms with Crippen LogP contribution in [0.15, 0.2) is 11.8 Å². The Morgan fingerprint density at radius 3 is 2.54 bits per heavy atom. The molecular weight excluding hydrogens is 314 g/mol. The summed E-state index contributed by atoms with van der Waals surface area (Å²) < 4.78 is 6.72. The predicted molar refractivity (Wildman–Crippen MR) is 103 cm³/mol. The minimum absolute atomic E-state index is 0.0285. The molecule has 0 aliphatic heterocycles. The van der Waals surface area contributed by atoms with Gasteiger partial charge in [0, 0.05) is 31.9 Å². The molecule has 0 bridgehead atoms. The fourth-order valence-electron chi connectivity index (χ4n) is 2.40. The summed E-state index contributed by atoms with van der Waals surface area (Å²) in [5.74, 6) is 9.19. The highest BCUT2D eigenvalue weighted by Gasteiger charge is 2.44. The summed E-state index contributed by atoms with van der Waals surface area (Å²) in [6.45, 7) is 12.8. The molecule has 0 heterocycles. The minimum Gasteiger partial charge on any atom is -0.400 e. The first kappa shape index (κ1) is 20.6. The molecule has 1 aliphatic carbocycles. The van der Waals surface area contributed by atoms with E-state index < -0.39 is 13.9 Å². The largest absolute Gasteiger partial charge is 0.400 e. The summed E-state index contributed by atoms with van der Waals surface area (Å²) in [6.07, 6.45) is 11.0. The van der Waals surface area contributed by atoms with Gasteiger partial charge in [-0.05, 0) is 31.0 Å². The highest BCUT2D eigenvalue weighted by atomic mass is 28.4. The Hall–Kier alpha value is -1.49. The molecule has 0 saturated carbocycles. The van der Waals surface area contributed by atoms with Crippen LogP contribution in [0.3, 0.4) is 0 Å². The van der Waals surface area contributed by atoms with Crippen LogP contribution in [0.25, 0.3) is 0 Å². The molecule has 1 N–H and O–H groups in total.